The van der Waals surface area contributed by atoms with E-state index in [0.717, 1.165) is 13.1 Å². The Labute approximate surface area is 356 Å². The predicted octanol–water partition coefficient (Wildman–Crippen LogP) is 6.30. The summed E-state index contributed by atoms with van der Waals surface area (Å²) in [5.41, 5.74) is 3.15. The maximum absolute atomic E-state index is 12.0. The van der Waals surface area contributed by atoms with Gasteiger partial charge in [0.05, 0.1) is 16.1 Å². The molecular weight excluding hydrogens is 851 g/mol. The van der Waals surface area contributed by atoms with Crippen LogP contribution >= 0.6 is 23.2 Å². The van der Waals surface area contributed by atoms with Gasteiger partial charge < -0.3 is 28.3 Å². The van der Waals surface area contributed by atoms with E-state index < -0.39 is 0 Å². The molecule has 0 spiro atoms. The van der Waals surface area contributed by atoms with Crippen LogP contribution in [0.1, 0.15) is 39.5 Å². The molecule has 12 nitrogen and oxygen atoms in total. The summed E-state index contributed by atoms with van der Waals surface area (Å²) in [6.07, 6.45) is 10.8. The molecule has 0 aliphatic carbocycles. The summed E-state index contributed by atoms with van der Waals surface area (Å²) in [7, 11) is 0. The molecule has 0 radical (unpaired) electrons. The van der Waals surface area contributed by atoms with Crippen molar-refractivity contribution in [2.75, 3.05) is 5.34 Å². The second kappa shape index (κ2) is 36.9. The van der Waals surface area contributed by atoms with Crippen molar-refractivity contribution in [1.82, 2.24) is 19.1 Å². The molecule has 2 aromatic carbocycles. The molecule has 0 atom stereocenters. The Morgan fingerprint density at radius 1 is 0.491 bits per heavy atom. The second-order valence-electron chi connectivity index (χ2n) is 9.79. The minimum absolute atomic E-state index is 0. The fraction of sp³-hybridized carbons (Fsp3) is 0.0952. The van der Waals surface area contributed by atoms with E-state index in [4.69, 9.17) is 42.4 Å². The zero-order valence-corrected chi connectivity index (χ0v) is 33.3. The summed E-state index contributed by atoms with van der Waals surface area (Å²) in [4.78, 5) is 71.0. The summed E-state index contributed by atoms with van der Waals surface area (Å²) in [5, 5.41) is 1.44. The number of rotatable bonds is 6. The number of carbonyl (C=O) groups excluding carboxylic acids is 6. The van der Waals surface area contributed by atoms with Gasteiger partial charge in [0.15, 0.2) is 0 Å². The second-order valence-corrected chi connectivity index (χ2v) is 10.6. The first-order valence-electron chi connectivity index (χ1n) is 15.5. The van der Waals surface area contributed by atoms with E-state index in [-0.39, 0.29) is 45.6 Å². The standard InChI is InChI=1S/2C18H15N3O.CH2Cl2.4CHO.CH4.Mo/c2*22-18(17-8-4-5-11-19-17)20-16-9-12-21(13-10-16)14-15-6-2-1-3-7-15;2-1-3;4*1-2;;/h2*1-13H,14H2;1H2;4*1H;1H4;/q;;;4*-1;;+4. The number of halogens is 2. The molecule has 0 bridgehead atoms. The van der Waals surface area contributed by atoms with Gasteiger partial charge in [-0.15, -0.1) is 23.2 Å². The summed E-state index contributed by atoms with van der Waals surface area (Å²) in [5.74, 6) is -0.664. The van der Waals surface area contributed by atoms with Crippen molar-refractivity contribution in [2.45, 2.75) is 20.5 Å². The van der Waals surface area contributed by atoms with Crippen LogP contribution in [0.25, 0.3) is 0 Å². The van der Waals surface area contributed by atoms with E-state index in [9.17, 15) is 9.59 Å². The van der Waals surface area contributed by atoms with Gasteiger partial charge in [0, 0.05) is 50.3 Å². The first kappa shape index (κ1) is 55.3. The minimum Gasteiger partial charge on any atom is -0.545 e. The third kappa shape index (κ3) is 23.5. The van der Waals surface area contributed by atoms with Crippen LogP contribution in [0.2, 0.25) is 0 Å². The first-order valence-corrected chi connectivity index (χ1v) is 16.6. The Morgan fingerprint density at radius 2 is 0.772 bits per heavy atom. The van der Waals surface area contributed by atoms with Crippen molar-refractivity contribution in [3.63, 3.8) is 0 Å². The molecule has 0 fully saturated rings. The van der Waals surface area contributed by atoms with Gasteiger partial charge in [0.25, 0.3) is 11.8 Å². The molecule has 2 amide bonds. The molecule has 4 aromatic heterocycles. The number of hydrogen-bond acceptors (Lipinski definition) is 8. The van der Waals surface area contributed by atoms with Crippen molar-refractivity contribution in [3.05, 3.63) is 192 Å². The molecule has 0 unspecified atom stereocenters. The zero-order valence-electron chi connectivity index (χ0n) is 29.7. The van der Waals surface area contributed by atoms with Crippen LogP contribution in [0.5, 0.6) is 0 Å². The molecule has 0 N–H and O–H groups in total. The number of amides is 2. The number of carbonyl (C=O) groups is 2. The monoisotopic (exact) mass is 892 g/mol. The largest absolute Gasteiger partial charge is 4.00 e. The third-order valence-electron chi connectivity index (χ3n) is 6.39. The number of benzene rings is 2. The first-order chi connectivity index (χ1) is 27.0. The molecule has 57 heavy (non-hydrogen) atoms. The van der Waals surface area contributed by atoms with Crippen LogP contribution in [0.4, 0.5) is 0 Å². The third-order valence-corrected chi connectivity index (χ3v) is 6.39. The number of aromatic nitrogens is 4. The van der Waals surface area contributed by atoms with Crippen molar-refractivity contribution in [1.29, 1.82) is 0 Å². The topological polar surface area (TPSA) is 163 Å². The van der Waals surface area contributed by atoms with Crippen molar-refractivity contribution in [2.24, 2.45) is 9.98 Å². The Kier molecular flexibility index (Phi) is 35.8. The number of nitrogens with zero attached hydrogens (tertiary/aromatic N) is 6. The van der Waals surface area contributed by atoms with Crippen LogP contribution in [0.3, 0.4) is 0 Å². The van der Waals surface area contributed by atoms with E-state index in [0.29, 0.717) is 22.1 Å². The number of hydrogen-bond donors (Lipinski definition) is 0. The molecular formula is C42H40Cl2MoN6O6. The van der Waals surface area contributed by atoms with Crippen molar-refractivity contribution in [3.8, 4) is 0 Å². The van der Waals surface area contributed by atoms with E-state index in [1.807, 2.05) is 94.6 Å². The van der Waals surface area contributed by atoms with Gasteiger partial charge in [-0.1, -0.05) is 80.2 Å². The van der Waals surface area contributed by atoms with E-state index in [1.54, 1.807) is 48.8 Å². The van der Waals surface area contributed by atoms with Gasteiger partial charge in [-0.2, -0.15) is 0 Å². The Bertz CT molecular complexity index is 1870. The maximum atomic E-state index is 12.0. The molecule has 0 aliphatic rings. The maximum Gasteiger partial charge on any atom is 4.00 e. The quantitative estimate of drug-likeness (QED) is 0.0815. The minimum atomic E-state index is -0.332. The van der Waals surface area contributed by atoms with Gasteiger partial charge in [-0.05, 0) is 59.7 Å². The summed E-state index contributed by atoms with van der Waals surface area (Å²) < 4.78 is 4.08. The normalized spacial score (nSPS) is 8.46. The van der Waals surface area contributed by atoms with Crippen LogP contribution in [0, 0.1) is 0 Å². The smallest absolute Gasteiger partial charge is 0.545 e. The average molecular weight is 892 g/mol. The molecule has 0 saturated heterocycles. The van der Waals surface area contributed by atoms with Crippen LogP contribution in [0.15, 0.2) is 168 Å². The number of pyridine rings is 4. The molecule has 0 saturated carbocycles. The number of alkyl halides is 2. The molecule has 294 valence electrons. The molecule has 6 aromatic rings. The van der Waals surface area contributed by atoms with Crippen LogP contribution in [-0.4, -0.2) is 63.4 Å². The molecule has 0 aliphatic heterocycles. The zero-order chi connectivity index (χ0) is 41.1. The van der Waals surface area contributed by atoms with E-state index in [1.165, 1.54) is 11.1 Å². The van der Waals surface area contributed by atoms with Gasteiger partial charge in [0.1, 0.15) is 11.4 Å². The Morgan fingerprint density at radius 3 is 1.04 bits per heavy atom. The molecule has 6 rings (SSSR count). The molecule has 15 heteroatoms. The Hall–Kier alpha value is -6.07. The fourth-order valence-corrected chi connectivity index (χ4v) is 4.17. The predicted molar refractivity (Wildman–Crippen MR) is 219 cm³/mol. The summed E-state index contributed by atoms with van der Waals surface area (Å²) >= 11 is 9.53. The fourth-order valence-electron chi connectivity index (χ4n) is 4.17. The average Bonchev–Trinajstić information content (AvgIpc) is 3.27. The van der Waals surface area contributed by atoms with E-state index in [2.05, 4.69) is 71.4 Å². The SMILES string of the molecule is C.ClCCl.O=C(N=c1ccn(Cc2ccccc2)cc1)c1ccccn1.O=C(N=c1ccn(Cc2ccccc2)cc1)c1ccccn1.[CH-]=O.[CH-]=O.[CH-]=O.[CH-]=O.[Mo+4]. The molecule has 4 heterocycles. The van der Waals surface area contributed by atoms with Crippen LogP contribution < -0.4 is 10.7 Å². The summed E-state index contributed by atoms with van der Waals surface area (Å²) in [6.45, 7) is 14.6. The van der Waals surface area contributed by atoms with E-state index >= 15 is 0 Å². The van der Waals surface area contributed by atoms with Gasteiger partial charge in [-0.25, -0.2) is 9.98 Å². The summed E-state index contributed by atoms with van der Waals surface area (Å²) in [6, 6.07) is 38.1. The van der Waals surface area contributed by atoms with Crippen molar-refractivity contribution < 1.29 is 49.8 Å². The van der Waals surface area contributed by atoms with Gasteiger partial charge in [-0.3, -0.25) is 46.7 Å². The Balaban J connectivity index is -0.000000800. The van der Waals surface area contributed by atoms with Gasteiger partial charge >= 0.3 is 21.1 Å². The van der Waals surface area contributed by atoms with Crippen molar-refractivity contribution >= 4 is 62.2 Å². The van der Waals surface area contributed by atoms with Crippen LogP contribution in [-0.2, 0) is 53.3 Å². The van der Waals surface area contributed by atoms with Gasteiger partial charge in [0.2, 0.25) is 0 Å².